The van der Waals surface area contributed by atoms with Crippen LogP contribution in [0.2, 0.25) is 0 Å². The van der Waals surface area contributed by atoms with Gasteiger partial charge in [0.25, 0.3) is 0 Å². The van der Waals surface area contributed by atoms with Crippen LogP contribution in [0.1, 0.15) is 107 Å². The van der Waals surface area contributed by atoms with Crippen molar-refractivity contribution in [3.8, 4) is 5.75 Å². The lowest BCUT2D eigenvalue weighted by molar-refractivity contribution is -0.274. The van der Waals surface area contributed by atoms with Gasteiger partial charge in [-0.25, -0.2) is 0 Å². The Hall–Kier alpha value is -1.69. The lowest BCUT2D eigenvalue weighted by Gasteiger charge is -2.23. The van der Waals surface area contributed by atoms with Gasteiger partial charge in [0, 0.05) is 18.4 Å². The SMILES string of the molecule is CC.CC/C=C(/CCC)N(C)c1ccc(OC(F)(F)F)cc1.CCC.CCCNCCC(C)CC. The van der Waals surface area contributed by atoms with E-state index >= 15 is 0 Å². The summed E-state index contributed by atoms with van der Waals surface area (Å²) < 4.78 is 40.1. The minimum atomic E-state index is -4.65. The largest absolute Gasteiger partial charge is 0.573 e. The molecule has 0 heterocycles. The van der Waals surface area contributed by atoms with Crippen molar-refractivity contribution in [2.24, 2.45) is 5.92 Å². The number of hydrogen-bond acceptors (Lipinski definition) is 3. The van der Waals surface area contributed by atoms with E-state index in [1.165, 1.54) is 56.6 Å². The molecule has 1 N–H and O–H groups in total. The molecule has 0 fully saturated rings. The molecule has 1 aromatic rings. The molecule has 0 saturated heterocycles. The van der Waals surface area contributed by atoms with E-state index in [-0.39, 0.29) is 5.75 Å². The Labute approximate surface area is 215 Å². The van der Waals surface area contributed by atoms with Crippen LogP contribution < -0.4 is 15.0 Å². The van der Waals surface area contributed by atoms with Gasteiger partial charge in [-0.1, -0.05) is 87.7 Å². The van der Waals surface area contributed by atoms with Crippen molar-refractivity contribution in [2.75, 3.05) is 25.0 Å². The molecule has 0 aliphatic carbocycles. The highest BCUT2D eigenvalue weighted by atomic mass is 19.4. The van der Waals surface area contributed by atoms with Crippen LogP contribution in [0.4, 0.5) is 18.9 Å². The predicted octanol–water partition coefficient (Wildman–Crippen LogP) is 9.98. The number of nitrogens with zero attached hydrogens (tertiary/aromatic N) is 1. The minimum absolute atomic E-state index is 0.203. The van der Waals surface area contributed by atoms with Crippen LogP contribution in [0, 0.1) is 5.92 Å². The predicted molar refractivity (Wildman–Crippen MR) is 149 cm³/mol. The molecule has 0 aliphatic heterocycles. The van der Waals surface area contributed by atoms with E-state index in [9.17, 15) is 13.2 Å². The number of allylic oxidation sites excluding steroid dienone is 2. The molecule has 1 aromatic carbocycles. The molecule has 0 saturated carbocycles. The molecule has 0 bridgehead atoms. The third-order valence-electron chi connectivity index (χ3n) is 4.77. The third kappa shape index (κ3) is 23.8. The van der Waals surface area contributed by atoms with Gasteiger partial charge in [0.1, 0.15) is 5.75 Å². The van der Waals surface area contributed by atoms with E-state index in [4.69, 9.17) is 0 Å². The van der Waals surface area contributed by atoms with Gasteiger partial charge in [-0.2, -0.15) is 0 Å². The number of rotatable bonds is 12. The molecule has 1 unspecified atom stereocenters. The molecule has 0 aromatic heterocycles. The monoisotopic (exact) mass is 504 g/mol. The highest BCUT2D eigenvalue weighted by molar-refractivity contribution is 5.53. The normalized spacial score (nSPS) is 11.6. The van der Waals surface area contributed by atoms with Gasteiger partial charge < -0.3 is 15.0 Å². The summed E-state index contributed by atoms with van der Waals surface area (Å²) in [4.78, 5) is 1.99. The maximum Gasteiger partial charge on any atom is 0.573 e. The fourth-order valence-corrected chi connectivity index (χ4v) is 2.79. The number of alkyl halides is 3. The average molecular weight is 505 g/mol. The maximum atomic E-state index is 12.1. The van der Waals surface area contributed by atoms with E-state index in [0.29, 0.717) is 0 Å². The molecular formula is C29H55F3N2O. The minimum Gasteiger partial charge on any atom is -0.406 e. The lowest BCUT2D eigenvalue weighted by atomic mass is 10.1. The zero-order valence-corrected chi connectivity index (χ0v) is 24.3. The van der Waals surface area contributed by atoms with E-state index in [2.05, 4.69) is 64.6 Å². The molecule has 1 atom stereocenters. The smallest absolute Gasteiger partial charge is 0.406 e. The molecular weight excluding hydrogens is 449 g/mol. The summed E-state index contributed by atoms with van der Waals surface area (Å²) in [5, 5.41) is 3.40. The van der Waals surface area contributed by atoms with Crippen molar-refractivity contribution in [1.29, 1.82) is 0 Å². The van der Waals surface area contributed by atoms with Crippen LogP contribution in [0.25, 0.3) is 0 Å². The molecule has 3 nitrogen and oxygen atoms in total. The number of halogens is 3. The van der Waals surface area contributed by atoms with Gasteiger partial charge in [0.05, 0.1) is 0 Å². The third-order valence-corrected chi connectivity index (χ3v) is 4.77. The molecule has 0 radical (unpaired) electrons. The van der Waals surface area contributed by atoms with Crippen molar-refractivity contribution in [1.82, 2.24) is 5.32 Å². The summed E-state index contributed by atoms with van der Waals surface area (Å²) in [6.07, 6.45) is 5.50. The molecule has 0 spiro atoms. The summed E-state index contributed by atoms with van der Waals surface area (Å²) in [7, 11) is 1.91. The van der Waals surface area contributed by atoms with Crippen LogP contribution in [-0.4, -0.2) is 26.5 Å². The van der Waals surface area contributed by atoms with E-state index in [1.807, 2.05) is 25.8 Å². The Kier molecular flexibility index (Phi) is 27.5. The van der Waals surface area contributed by atoms with E-state index in [0.717, 1.165) is 30.9 Å². The number of ether oxygens (including phenoxy) is 1. The fraction of sp³-hybridized carbons (Fsp3) is 0.724. The van der Waals surface area contributed by atoms with Crippen LogP contribution in [0.5, 0.6) is 5.75 Å². The summed E-state index contributed by atoms with van der Waals surface area (Å²) in [5.74, 6) is 0.690. The summed E-state index contributed by atoms with van der Waals surface area (Å²) >= 11 is 0. The van der Waals surface area contributed by atoms with Crippen molar-refractivity contribution < 1.29 is 17.9 Å². The quantitative estimate of drug-likeness (QED) is 0.287. The summed E-state index contributed by atoms with van der Waals surface area (Å²) in [5.41, 5.74) is 2.01. The second-order valence-corrected chi connectivity index (χ2v) is 8.21. The Morgan fingerprint density at radius 2 is 1.51 bits per heavy atom. The number of anilines is 1. The zero-order valence-electron chi connectivity index (χ0n) is 24.3. The molecule has 0 aliphatic rings. The number of nitrogens with one attached hydrogen (secondary N) is 1. The van der Waals surface area contributed by atoms with Gasteiger partial charge in [0.2, 0.25) is 0 Å². The maximum absolute atomic E-state index is 12.1. The molecule has 1 rings (SSSR count). The Bertz CT molecular complexity index is 587. The van der Waals surface area contributed by atoms with Crippen molar-refractivity contribution in [3.05, 3.63) is 36.0 Å². The second kappa shape index (κ2) is 25.4. The van der Waals surface area contributed by atoms with Crippen LogP contribution in [0.3, 0.4) is 0 Å². The molecule has 35 heavy (non-hydrogen) atoms. The Morgan fingerprint density at radius 1 is 0.971 bits per heavy atom. The fourth-order valence-electron chi connectivity index (χ4n) is 2.79. The second-order valence-electron chi connectivity index (χ2n) is 8.21. The summed E-state index contributed by atoms with van der Waals surface area (Å²) in [6, 6.07) is 5.91. The first-order valence-corrected chi connectivity index (χ1v) is 13.6. The zero-order chi connectivity index (χ0) is 27.7. The van der Waals surface area contributed by atoms with Crippen LogP contribution >= 0.6 is 0 Å². The van der Waals surface area contributed by atoms with Gasteiger partial charge in [0.15, 0.2) is 0 Å². The Morgan fingerprint density at radius 3 is 1.91 bits per heavy atom. The molecule has 6 heteroatoms. The molecule has 0 amide bonds. The van der Waals surface area contributed by atoms with E-state index in [1.54, 1.807) is 12.1 Å². The van der Waals surface area contributed by atoms with Gasteiger partial charge >= 0.3 is 6.36 Å². The average Bonchev–Trinajstić information content (AvgIpc) is 2.83. The van der Waals surface area contributed by atoms with Gasteiger partial charge in [-0.15, -0.1) is 13.2 Å². The first kappa shape index (κ1) is 37.9. The van der Waals surface area contributed by atoms with E-state index < -0.39 is 6.36 Å². The Balaban J connectivity index is -0.000000572. The highest BCUT2D eigenvalue weighted by Gasteiger charge is 2.31. The lowest BCUT2D eigenvalue weighted by Crippen LogP contribution is -2.18. The van der Waals surface area contributed by atoms with Crippen molar-refractivity contribution in [2.45, 2.75) is 114 Å². The standard InChI is InChI=1S/C15H20F3NO.C9H21N.C3H8.C2H6/c1-4-6-12(7-5-2)19(3)13-8-10-14(11-9-13)20-15(16,17)18;1-4-7-10-8-6-9(3)5-2;1-3-2;1-2/h6,8-11H,4-5,7H2,1-3H3;9-10H,4-8H2,1-3H3;3H2,1-2H3;1-2H3/b12-6-;;;. The summed E-state index contributed by atoms with van der Waals surface area (Å²) in [6.45, 7) is 21.6. The van der Waals surface area contributed by atoms with Crippen LogP contribution in [0.15, 0.2) is 36.0 Å². The van der Waals surface area contributed by atoms with Crippen LogP contribution in [-0.2, 0) is 0 Å². The van der Waals surface area contributed by atoms with Gasteiger partial charge in [-0.05, 0) is 69.0 Å². The number of benzene rings is 1. The highest BCUT2D eigenvalue weighted by Crippen LogP contribution is 2.27. The van der Waals surface area contributed by atoms with Crippen molar-refractivity contribution >= 4 is 5.69 Å². The topological polar surface area (TPSA) is 24.5 Å². The first-order chi connectivity index (χ1) is 16.6. The van der Waals surface area contributed by atoms with Gasteiger partial charge in [-0.3, -0.25) is 0 Å². The number of hydrogen-bond donors (Lipinski definition) is 1. The first-order valence-electron chi connectivity index (χ1n) is 13.6. The molecule has 208 valence electrons. The van der Waals surface area contributed by atoms with Crippen molar-refractivity contribution in [3.63, 3.8) is 0 Å².